The Kier molecular flexibility index (Phi) is 7.38. The first kappa shape index (κ1) is 31.8. The van der Waals surface area contributed by atoms with E-state index in [9.17, 15) is 0 Å². The summed E-state index contributed by atoms with van der Waals surface area (Å²) in [5.74, 6) is 2.56. The quantitative estimate of drug-likeness (QED) is 0.177. The SMILES string of the molecule is c1ccc(-c2ccc(-c3nc(-c4ccccc4)nc(-c4ccc5ccccc5c4N4c5ccccc5-c5ccccc5-n5c4nc4ccccc45)n3)cc2)cc1. The van der Waals surface area contributed by atoms with Crippen LogP contribution in [0.3, 0.4) is 0 Å². The van der Waals surface area contributed by atoms with Crippen LogP contribution in [0.1, 0.15) is 0 Å². The average Bonchev–Trinajstić information content (AvgIpc) is 3.61. The van der Waals surface area contributed by atoms with E-state index < -0.39 is 0 Å². The van der Waals surface area contributed by atoms with Gasteiger partial charge in [-0.25, -0.2) is 19.9 Å². The number of rotatable bonds is 5. The summed E-state index contributed by atoms with van der Waals surface area (Å²) in [6.07, 6.45) is 0. The normalized spacial score (nSPS) is 11.9. The van der Waals surface area contributed by atoms with E-state index in [2.05, 4.69) is 161 Å². The first-order valence-corrected chi connectivity index (χ1v) is 18.7. The zero-order valence-corrected chi connectivity index (χ0v) is 30.2. The second-order valence-electron chi connectivity index (χ2n) is 13.9. The molecule has 0 radical (unpaired) electrons. The number of imidazole rings is 1. The molecule has 0 N–H and O–H groups in total. The number of aromatic nitrogens is 5. The van der Waals surface area contributed by atoms with Crippen molar-refractivity contribution >= 4 is 39.1 Å². The number of nitrogens with zero attached hydrogens (tertiary/aromatic N) is 6. The molecule has 11 rings (SSSR count). The van der Waals surface area contributed by atoms with Crippen molar-refractivity contribution in [2.75, 3.05) is 4.90 Å². The minimum atomic E-state index is 0.573. The van der Waals surface area contributed by atoms with Crippen molar-refractivity contribution in [2.45, 2.75) is 0 Å². The molecule has 2 aromatic heterocycles. The van der Waals surface area contributed by atoms with Gasteiger partial charge in [0.05, 0.1) is 28.1 Å². The van der Waals surface area contributed by atoms with Crippen LogP contribution >= 0.6 is 0 Å². The molecule has 0 spiro atoms. The van der Waals surface area contributed by atoms with E-state index in [1.54, 1.807) is 0 Å². The number of para-hydroxylation sites is 4. The molecule has 0 aliphatic carbocycles. The summed E-state index contributed by atoms with van der Waals surface area (Å²) in [4.78, 5) is 23.4. The van der Waals surface area contributed by atoms with Gasteiger partial charge < -0.3 is 0 Å². The van der Waals surface area contributed by atoms with Gasteiger partial charge in [-0.2, -0.15) is 0 Å². The monoisotopic (exact) mass is 716 g/mol. The van der Waals surface area contributed by atoms with Crippen LogP contribution in [0.4, 0.5) is 17.3 Å². The van der Waals surface area contributed by atoms with E-state index in [1.807, 2.05) is 42.5 Å². The Morgan fingerprint density at radius 2 is 0.875 bits per heavy atom. The summed E-state index contributed by atoms with van der Waals surface area (Å²) < 4.78 is 2.29. The predicted molar refractivity (Wildman–Crippen MR) is 227 cm³/mol. The topological polar surface area (TPSA) is 59.7 Å². The number of benzene rings is 8. The molecule has 6 nitrogen and oxygen atoms in total. The maximum atomic E-state index is 5.41. The number of anilines is 3. The van der Waals surface area contributed by atoms with Crippen molar-refractivity contribution in [2.24, 2.45) is 0 Å². The standard InChI is InChI=1S/C50H32N6/c1-3-15-33(16-4-1)34-27-29-37(30-28-34)48-52-47(36-18-5-2-6-19-36)53-49(54-48)41-32-31-35-17-7-8-20-38(35)46(41)56-44-25-13-10-22-40(44)39-21-9-12-24-43(39)55-45-26-14-11-23-42(45)51-50(55)56/h1-32H. The molecule has 8 aromatic carbocycles. The van der Waals surface area contributed by atoms with Crippen LogP contribution in [0.25, 0.3) is 83.9 Å². The maximum Gasteiger partial charge on any atom is 0.220 e. The highest BCUT2D eigenvalue weighted by Crippen LogP contribution is 2.51. The molecule has 0 fully saturated rings. The van der Waals surface area contributed by atoms with Gasteiger partial charge in [0.15, 0.2) is 17.5 Å². The van der Waals surface area contributed by atoms with E-state index >= 15 is 0 Å². The van der Waals surface area contributed by atoms with E-state index in [0.29, 0.717) is 17.5 Å². The maximum absolute atomic E-state index is 5.41. The average molecular weight is 717 g/mol. The van der Waals surface area contributed by atoms with Crippen LogP contribution in [0.15, 0.2) is 194 Å². The van der Waals surface area contributed by atoms with Gasteiger partial charge in [0, 0.05) is 33.2 Å². The minimum Gasteiger partial charge on any atom is -0.278 e. The highest BCUT2D eigenvalue weighted by Gasteiger charge is 2.32. The highest BCUT2D eigenvalue weighted by molar-refractivity contribution is 6.08. The predicted octanol–water partition coefficient (Wildman–Crippen LogP) is 12.5. The lowest BCUT2D eigenvalue weighted by atomic mass is 9.98. The molecule has 56 heavy (non-hydrogen) atoms. The van der Waals surface area contributed by atoms with Crippen LogP contribution in [0.2, 0.25) is 0 Å². The third-order valence-corrected chi connectivity index (χ3v) is 10.6. The van der Waals surface area contributed by atoms with Crippen molar-refractivity contribution in [3.63, 3.8) is 0 Å². The summed E-state index contributed by atoms with van der Waals surface area (Å²) in [5, 5.41) is 2.15. The van der Waals surface area contributed by atoms with Crippen molar-refractivity contribution in [3.05, 3.63) is 194 Å². The molecular weight excluding hydrogens is 685 g/mol. The van der Waals surface area contributed by atoms with E-state index in [-0.39, 0.29) is 0 Å². The van der Waals surface area contributed by atoms with Crippen molar-refractivity contribution in [1.29, 1.82) is 0 Å². The van der Waals surface area contributed by atoms with Gasteiger partial charge in [-0.15, -0.1) is 0 Å². The highest BCUT2D eigenvalue weighted by atomic mass is 15.3. The molecule has 262 valence electrons. The van der Waals surface area contributed by atoms with Gasteiger partial charge in [-0.05, 0) is 46.8 Å². The third-order valence-electron chi connectivity index (χ3n) is 10.6. The van der Waals surface area contributed by atoms with Crippen molar-refractivity contribution < 1.29 is 0 Å². The minimum absolute atomic E-state index is 0.573. The van der Waals surface area contributed by atoms with Gasteiger partial charge in [0.25, 0.3) is 0 Å². The molecule has 10 aromatic rings. The Hall–Kier alpha value is -7.70. The fourth-order valence-electron chi connectivity index (χ4n) is 7.98. The first-order chi connectivity index (χ1) is 27.8. The smallest absolute Gasteiger partial charge is 0.220 e. The number of hydrogen-bond donors (Lipinski definition) is 0. The second-order valence-corrected chi connectivity index (χ2v) is 13.9. The fraction of sp³-hybridized carbons (Fsp3) is 0. The summed E-state index contributed by atoms with van der Waals surface area (Å²) in [7, 11) is 0. The Morgan fingerprint density at radius 3 is 1.64 bits per heavy atom. The summed E-state index contributed by atoms with van der Waals surface area (Å²) in [5.41, 5.74) is 12.2. The zero-order valence-electron chi connectivity index (χ0n) is 30.2. The van der Waals surface area contributed by atoms with Crippen molar-refractivity contribution in [1.82, 2.24) is 24.5 Å². The van der Waals surface area contributed by atoms with E-state index in [0.717, 1.165) is 83.8 Å². The van der Waals surface area contributed by atoms with Crippen LogP contribution < -0.4 is 4.90 Å². The molecule has 0 amide bonds. The molecule has 6 heteroatoms. The summed E-state index contributed by atoms with van der Waals surface area (Å²) in [6, 6.07) is 67.4. The Labute approximate surface area is 323 Å². The zero-order chi connectivity index (χ0) is 37.0. The Bertz CT molecular complexity index is 3080. The second kappa shape index (κ2) is 13.0. The molecular formula is C50H32N6. The lowest BCUT2D eigenvalue weighted by molar-refractivity contribution is 1.05. The lowest BCUT2D eigenvalue weighted by Gasteiger charge is -2.28. The molecule has 0 bridgehead atoms. The lowest BCUT2D eigenvalue weighted by Crippen LogP contribution is -2.16. The Balaban J connectivity index is 1.20. The van der Waals surface area contributed by atoms with Gasteiger partial charge in [-0.1, -0.05) is 164 Å². The molecule has 1 aliphatic rings. The largest absolute Gasteiger partial charge is 0.278 e. The molecule has 0 saturated carbocycles. The summed E-state index contributed by atoms with van der Waals surface area (Å²) >= 11 is 0. The number of hydrogen-bond acceptors (Lipinski definition) is 5. The van der Waals surface area contributed by atoms with Crippen LogP contribution in [-0.4, -0.2) is 24.5 Å². The van der Waals surface area contributed by atoms with Gasteiger partial charge in [-0.3, -0.25) is 9.47 Å². The van der Waals surface area contributed by atoms with Crippen LogP contribution in [-0.2, 0) is 0 Å². The van der Waals surface area contributed by atoms with Crippen LogP contribution in [0, 0.1) is 0 Å². The Morgan fingerprint density at radius 1 is 0.339 bits per heavy atom. The van der Waals surface area contributed by atoms with Gasteiger partial charge in [0.1, 0.15) is 0 Å². The molecule has 0 unspecified atom stereocenters. The van der Waals surface area contributed by atoms with Gasteiger partial charge >= 0.3 is 0 Å². The molecule has 3 heterocycles. The third kappa shape index (κ3) is 5.19. The summed E-state index contributed by atoms with van der Waals surface area (Å²) in [6.45, 7) is 0. The van der Waals surface area contributed by atoms with Crippen LogP contribution in [0.5, 0.6) is 0 Å². The fourth-order valence-corrected chi connectivity index (χ4v) is 7.98. The van der Waals surface area contributed by atoms with Gasteiger partial charge in [0.2, 0.25) is 5.95 Å². The molecule has 0 saturated heterocycles. The van der Waals surface area contributed by atoms with E-state index in [1.165, 1.54) is 0 Å². The number of fused-ring (bicyclic) bond motifs is 8. The molecule has 1 aliphatic heterocycles. The molecule has 0 atom stereocenters. The van der Waals surface area contributed by atoms with E-state index in [4.69, 9.17) is 19.9 Å². The van der Waals surface area contributed by atoms with Crippen molar-refractivity contribution in [3.8, 4) is 62.1 Å². The first-order valence-electron chi connectivity index (χ1n) is 18.7.